The first-order chi connectivity index (χ1) is 33.0. The number of Topliss-reactive ketones (excluding diaryl/α,β-unsaturated/α-hetero) is 2. The number of nitrogens with one attached hydrogen (secondary N) is 1. The lowest BCUT2D eigenvalue weighted by molar-refractivity contribution is -0.302. The Balaban J connectivity index is 1.30. The van der Waals surface area contributed by atoms with E-state index in [2.05, 4.69) is 66.8 Å². The minimum Gasteiger partial charge on any atom is -0.456 e. The van der Waals surface area contributed by atoms with Crippen LogP contribution in [-0.4, -0.2) is 125 Å². The van der Waals surface area contributed by atoms with Gasteiger partial charge in [0.25, 0.3) is 11.7 Å². The van der Waals surface area contributed by atoms with E-state index in [0.29, 0.717) is 44.1 Å². The number of esters is 1. The topological polar surface area (TPSA) is 175 Å². The second-order valence-electron chi connectivity index (χ2n) is 20.7. The molecule has 1 aromatic heterocycles. The Morgan fingerprint density at radius 2 is 1.68 bits per heavy atom. The van der Waals surface area contributed by atoms with E-state index in [1.165, 1.54) is 30.0 Å². The van der Waals surface area contributed by atoms with Gasteiger partial charge in [-0.2, -0.15) is 0 Å². The Hall–Kier alpha value is -4.18. The molecular weight excluding hydrogens is 879 g/mol. The first-order valence-electron chi connectivity index (χ1n) is 25.5. The van der Waals surface area contributed by atoms with Crippen molar-refractivity contribution in [2.24, 2.45) is 29.6 Å². The predicted molar refractivity (Wildman–Crippen MR) is 266 cm³/mol. The molecule has 2 bridgehead atoms. The number of ketones is 2. The monoisotopic (exact) mass is 960 g/mol. The van der Waals surface area contributed by atoms with Gasteiger partial charge in [0.1, 0.15) is 24.0 Å². The predicted octanol–water partition coefficient (Wildman–Crippen LogP) is 8.12. The number of aromatic nitrogens is 1. The fourth-order valence-electron chi connectivity index (χ4n) is 11.6. The molecule has 1 aliphatic carbocycles. The number of aryl methyl sites for hydroxylation is 1. The molecular formula is C55H81N3O11. The summed E-state index contributed by atoms with van der Waals surface area (Å²) in [5.74, 6) is -7.64. The van der Waals surface area contributed by atoms with Crippen LogP contribution in [0.1, 0.15) is 119 Å². The summed E-state index contributed by atoms with van der Waals surface area (Å²) in [5, 5.41) is 29.0. The summed E-state index contributed by atoms with van der Waals surface area (Å²) in [6.45, 7) is 16.5. The van der Waals surface area contributed by atoms with Crippen LogP contribution in [0, 0.1) is 29.6 Å². The van der Waals surface area contributed by atoms with E-state index < -0.39 is 77.8 Å². The molecule has 2 aromatic rings. The number of amides is 1. The Morgan fingerprint density at radius 1 is 0.957 bits per heavy atom. The van der Waals surface area contributed by atoms with E-state index in [4.69, 9.17) is 23.7 Å². The maximum absolute atomic E-state index is 14.6. The number of hydrogen-bond donors (Lipinski definition) is 3. The molecule has 6 rings (SSSR count). The van der Waals surface area contributed by atoms with Gasteiger partial charge in [0, 0.05) is 81.4 Å². The molecule has 1 amide bonds. The summed E-state index contributed by atoms with van der Waals surface area (Å²) in [5.41, 5.74) is 3.91. The largest absolute Gasteiger partial charge is 0.456 e. The van der Waals surface area contributed by atoms with E-state index >= 15 is 0 Å². The van der Waals surface area contributed by atoms with Crippen LogP contribution in [0.5, 0.6) is 0 Å². The second kappa shape index (κ2) is 24.3. The van der Waals surface area contributed by atoms with Gasteiger partial charge in [-0.05, 0) is 126 Å². The molecule has 69 heavy (non-hydrogen) atoms. The minimum absolute atomic E-state index is 0.00808. The van der Waals surface area contributed by atoms with E-state index in [9.17, 15) is 29.4 Å². The molecule has 14 unspecified atom stereocenters. The highest BCUT2D eigenvalue weighted by Gasteiger charge is 2.56. The van der Waals surface area contributed by atoms with Crippen LogP contribution in [0.4, 0.5) is 5.69 Å². The quantitative estimate of drug-likeness (QED) is 0.112. The Labute approximate surface area is 410 Å². The van der Waals surface area contributed by atoms with Crippen molar-refractivity contribution < 1.29 is 53.1 Å². The summed E-state index contributed by atoms with van der Waals surface area (Å²) in [6, 6.07) is 7.53. The number of aliphatic hydroxyl groups is 2. The average Bonchev–Trinajstić information content (AvgIpc) is 3.73. The number of carbonyl (C=O) groups excluding carboxylic acids is 4. The van der Waals surface area contributed by atoms with E-state index in [0.717, 1.165) is 37.1 Å². The maximum Gasteiger partial charge on any atom is 0.329 e. The van der Waals surface area contributed by atoms with Crippen molar-refractivity contribution in [3.63, 3.8) is 0 Å². The molecule has 0 spiro atoms. The van der Waals surface area contributed by atoms with E-state index in [1.807, 2.05) is 19.9 Å². The molecule has 4 aliphatic rings. The second-order valence-corrected chi connectivity index (χ2v) is 20.7. The van der Waals surface area contributed by atoms with Gasteiger partial charge in [-0.15, -0.1) is 6.58 Å². The number of nitrogens with zero attached hydrogens (tertiary/aromatic N) is 2. The summed E-state index contributed by atoms with van der Waals surface area (Å²) < 4.78 is 32.9. The third-order valence-electron chi connectivity index (χ3n) is 15.5. The van der Waals surface area contributed by atoms with Crippen LogP contribution in [0.2, 0.25) is 0 Å². The molecule has 1 saturated carbocycles. The van der Waals surface area contributed by atoms with Crippen LogP contribution >= 0.6 is 0 Å². The van der Waals surface area contributed by atoms with Crippen molar-refractivity contribution in [3.8, 4) is 0 Å². The fourth-order valence-corrected chi connectivity index (χ4v) is 11.6. The molecule has 4 heterocycles. The molecule has 2 saturated heterocycles. The molecule has 14 atom stereocenters. The van der Waals surface area contributed by atoms with Crippen LogP contribution in [-0.2, 0) is 49.4 Å². The number of cyclic esters (lactones) is 1. The lowest BCUT2D eigenvalue weighted by Gasteiger charge is -2.47. The van der Waals surface area contributed by atoms with Crippen LogP contribution in [0.25, 0.3) is 10.9 Å². The SMILES string of the molecule is C=CCC1/C=C(\C)CC(C)CC(OC)C2OC(O)(C(=O)C(=O)N3CCCCC3C(=O)OC(C(C)=CC3CCC(Nc4ccc5c(ccn5CCC)c4)C(OC)C3)C(C)C(O)CC1=O)C(C)CC2OC. The molecule has 14 heteroatoms. The number of benzene rings is 1. The number of methoxy groups -OCH3 is 3. The number of allylic oxidation sites excluding steroid dienone is 4. The number of carbonyl (C=O) groups is 4. The van der Waals surface area contributed by atoms with Crippen molar-refractivity contribution in [1.82, 2.24) is 9.47 Å². The van der Waals surface area contributed by atoms with Crippen LogP contribution in [0.3, 0.4) is 0 Å². The highest BCUT2D eigenvalue weighted by Crippen LogP contribution is 2.40. The standard InChI is InChI=1S/C55H81N3O11/c1-11-15-40-26-33(3)25-34(4)27-48(66-9)51-49(67-10)29-36(6)55(64,69-51)52(61)53(62)58-23-14-13-16-44(58)54(63)68-50(37(7)45(59)32-46(40)60)35(5)28-38-17-19-42(47(30-38)65-8)56-41-18-20-43-39(31-41)21-24-57(43)22-12-2/h11,18,20-21,24,26,28,31,34,36-38,40,42,44-45,47-51,56,59,64H,1,12-17,19,22-23,25,27,29-30,32H2,2-10H3/b33-26+,35-28?. The number of piperidine rings is 1. The summed E-state index contributed by atoms with van der Waals surface area (Å²) >= 11 is 0. The number of anilines is 1. The number of rotatable bonds is 11. The van der Waals surface area contributed by atoms with Gasteiger partial charge in [0.05, 0.1) is 30.5 Å². The Morgan fingerprint density at radius 3 is 2.38 bits per heavy atom. The zero-order valence-corrected chi connectivity index (χ0v) is 42.7. The smallest absolute Gasteiger partial charge is 0.329 e. The fraction of sp³-hybridized carbons (Fsp3) is 0.673. The molecule has 382 valence electrons. The van der Waals surface area contributed by atoms with Crippen molar-refractivity contribution >= 4 is 40.0 Å². The maximum atomic E-state index is 14.6. The minimum atomic E-state index is -2.51. The highest BCUT2D eigenvalue weighted by atomic mass is 16.7. The molecule has 14 nitrogen and oxygen atoms in total. The molecule has 1 aromatic carbocycles. The molecule has 3 aliphatic heterocycles. The zero-order chi connectivity index (χ0) is 50.2. The first-order valence-corrected chi connectivity index (χ1v) is 25.5. The zero-order valence-electron chi connectivity index (χ0n) is 42.7. The summed E-state index contributed by atoms with van der Waals surface area (Å²) in [7, 11) is 4.80. The van der Waals surface area contributed by atoms with Crippen LogP contribution < -0.4 is 5.32 Å². The van der Waals surface area contributed by atoms with E-state index in [1.54, 1.807) is 27.0 Å². The van der Waals surface area contributed by atoms with Gasteiger partial charge in [0.15, 0.2) is 0 Å². The summed E-state index contributed by atoms with van der Waals surface area (Å²) in [4.78, 5) is 58.8. The third kappa shape index (κ3) is 12.7. The van der Waals surface area contributed by atoms with Gasteiger partial charge in [-0.3, -0.25) is 14.4 Å². The van der Waals surface area contributed by atoms with Crippen molar-refractivity contribution in [1.29, 1.82) is 0 Å². The van der Waals surface area contributed by atoms with Gasteiger partial charge in [-0.1, -0.05) is 51.5 Å². The first kappa shape index (κ1) is 54.2. The van der Waals surface area contributed by atoms with Gasteiger partial charge < -0.3 is 48.7 Å². The molecule has 0 radical (unpaired) electrons. The third-order valence-corrected chi connectivity index (χ3v) is 15.5. The number of fused-ring (bicyclic) bond motifs is 4. The number of hydrogen-bond acceptors (Lipinski definition) is 12. The van der Waals surface area contributed by atoms with Gasteiger partial charge >= 0.3 is 5.97 Å². The normalized spacial score (nSPS) is 35.9. The van der Waals surface area contributed by atoms with Crippen LogP contribution in [0.15, 0.2) is 66.4 Å². The Bertz CT molecular complexity index is 2170. The molecule has 3 fully saturated rings. The van der Waals surface area contributed by atoms with E-state index in [-0.39, 0.29) is 55.6 Å². The number of aliphatic hydroxyl groups excluding tert-OH is 1. The Kier molecular flexibility index (Phi) is 19.1. The summed E-state index contributed by atoms with van der Waals surface area (Å²) in [6.07, 6.45) is 9.74. The molecule has 3 N–H and O–H groups in total. The number of ether oxygens (including phenoxy) is 5. The van der Waals surface area contributed by atoms with Crippen molar-refractivity contribution in [3.05, 3.63) is 66.4 Å². The van der Waals surface area contributed by atoms with Crippen molar-refractivity contribution in [2.75, 3.05) is 33.2 Å². The lowest BCUT2D eigenvalue weighted by Crippen LogP contribution is -2.64. The average molecular weight is 960 g/mol. The van der Waals surface area contributed by atoms with Gasteiger partial charge in [0.2, 0.25) is 5.79 Å². The van der Waals surface area contributed by atoms with Gasteiger partial charge in [-0.25, -0.2) is 4.79 Å². The lowest BCUT2D eigenvalue weighted by atomic mass is 9.80. The highest BCUT2D eigenvalue weighted by molar-refractivity contribution is 6.39. The van der Waals surface area contributed by atoms with Crippen molar-refractivity contribution in [2.45, 2.75) is 180 Å².